The molecule has 1 N–H and O–H groups in total. The fraction of sp³-hybridized carbons (Fsp3) is 0.111. The standard InChI is InChI=1S/C9H7F3O/c10-8(9(11)12)7-3-1-6(5-13)2-4-7/h1-4,13H,5H2. The molecule has 0 saturated heterocycles. The van der Waals surface area contributed by atoms with Crippen LogP contribution in [0.15, 0.2) is 30.3 Å². The van der Waals surface area contributed by atoms with Crippen molar-refractivity contribution in [3.05, 3.63) is 41.5 Å². The lowest BCUT2D eigenvalue weighted by Crippen LogP contribution is -1.84. The first-order valence-corrected chi connectivity index (χ1v) is 3.56. The summed E-state index contributed by atoms with van der Waals surface area (Å²) in [4.78, 5) is 0. The van der Waals surface area contributed by atoms with Crippen LogP contribution in [-0.4, -0.2) is 5.11 Å². The monoisotopic (exact) mass is 188 g/mol. The van der Waals surface area contributed by atoms with Crippen LogP contribution >= 0.6 is 0 Å². The molecule has 1 nitrogen and oxygen atoms in total. The minimum absolute atomic E-state index is 0.183. The van der Waals surface area contributed by atoms with Gasteiger partial charge in [0.2, 0.25) is 0 Å². The fourth-order valence-corrected chi connectivity index (χ4v) is 0.866. The van der Waals surface area contributed by atoms with Crippen LogP contribution < -0.4 is 0 Å². The number of aliphatic hydroxyl groups excluding tert-OH is 1. The average molecular weight is 188 g/mol. The van der Waals surface area contributed by atoms with E-state index in [1.165, 1.54) is 24.3 Å². The van der Waals surface area contributed by atoms with E-state index in [0.717, 1.165) is 0 Å². The maximum atomic E-state index is 12.6. The molecule has 0 radical (unpaired) electrons. The lowest BCUT2D eigenvalue weighted by Gasteiger charge is -1.98. The maximum absolute atomic E-state index is 12.6. The van der Waals surface area contributed by atoms with E-state index in [4.69, 9.17) is 5.11 Å². The highest BCUT2D eigenvalue weighted by Gasteiger charge is 2.07. The molecule has 1 aromatic carbocycles. The summed E-state index contributed by atoms with van der Waals surface area (Å²) in [7, 11) is 0. The number of halogens is 3. The summed E-state index contributed by atoms with van der Waals surface area (Å²) in [5, 5.41) is 8.62. The summed E-state index contributed by atoms with van der Waals surface area (Å²) in [5.41, 5.74) is 0.369. The molecule has 70 valence electrons. The predicted molar refractivity (Wildman–Crippen MR) is 42.6 cm³/mol. The Morgan fingerprint density at radius 3 is 2.00 bits per heavy atom. The molecule has 0 bridgehead atoms. The summed E-state index contributed by atoms with van der Waals surface area (Å²) >= 11 is 0. The normalized spacial score (nSPS) is 9.85. The lowest BCUT2D eigenvalue weighted by atomic mass is 10.1. The molecule has 0 spiro atoms. The van der Waals surface area contributed by atoms with Crippen LogP contribution in [0.4, 0.5) is 13.2 Å². The molecule has 0 saturated carbocycles. The summed E-state index contributed by atoms with van der Waals surface area (Å²) in [5.74, 6) is -1.52. The van der Waals surface area contributed by atoms with E-state index in [1.54, 1.807) is 0 Å². The van der Waals surface area contributed by atoms with E-state index in [0.29, 0.717) is 5.56 Å². The van der Waals surface area contributed by atoms with Crippen molar-refractivity contribution in [2.75, 3.05) is 0 Å². The second kappa shape index (κ2) is 4.09. The zero-order valence-corrected chi connectivity index (χ0v) is 6.60. The molecule has 0 heterocycles. The van der Waals surface area contributed by atoms with Crippen LogP contribution in [0, 0.1) is 0 Å². The third-order valence-corrected chi connectivity index (χ3v) is 1.56. The minimum atomic E-state index is -2.34. The molecule has 1 rings (SSSR count). The molecule has 13 heavy (non-hydrogen) atoms. The largest absolute Gasteiger partial charge is 0.392 e. The Bertz CT molecular complexity index is 312. The SMILES string of the molecule is OCc1ccc(C(F)=C(F)F)cc1. The molecule has 0 aliphatic carbocycles. The Morgan fingerprint density at radius 1 is 1.08 bits per heavy atom. The topological polar surface area (TPSA) is 20.2 Å². The van der Waals surface area contributed by atoms with E-state index >= 15 is 0 Å². The highest BCUT2D eigenvalue weighted by atomic mass is 19.3. The molecule has 0 aromatic heterocycles. The van der Waals surface area contributed by atoms with E-state index < -0.39 is 11.9 Å². The van der Waals surface area contributed by atoms with Crippen molar-refractivity contribution >= 4 is 5.83 Å². The highest BCUT2D eigenvalue weighted by molar-refractivity contribution is 5.59. The summed E-state index contributed by atoms with van der Waals surface area (Å²) in [6.07, 6.45) is -2.34. The zero-order chi connectivity index (χ0) is 9.84. The van der Waals surface area contributed by atoms with Crippen molar-refractivity contribution in [3.63, 3.8) is 0 Å². The first-order valence-electron chi connectivity index (χ1n) is 3.56. The van der Waals surface area contributed by atoms with Gasteiger partial charge >= 0.3 is 6.08 Å². The summed E-state index contributed by atoms with van der Waals surface area (Å²) < 4.78 is 36.1. The number of rotatable bonds is 2. The average Bonchev–Trinajstić information content (AvgIpc) is 2.17. The third kappa shape index (κ3) is 2.32. The van der Waals surface area contributed by atoms with Gasteiger partial charge in [0.25, 0.3) is 0 Å². The van der Waals surface area contributed by atoms with Gasteiger partial charge in [-0.05, 0) is 5.56 Å². The van der Waals surface area contributed by atoms with Crippen molar-refractivity contribution in [1.29, 1.82) is 0 Å². The van der Waals surface area contributed by atoms with Gasteiger partial charge in [-0.15, -0.1) is 0 Å². The van der Waals surface area contributed by atoms with Gasteiger partial charge in [-0.3, -0.25) is 0 Å². The van der Waals surface area contributed by atoms with Gasteiger partial charge in [-0.1, -0.05) is 24.3 Å². The van der Waals surface area contributed by atoms with E-state index in [-0.39, 0.29) is 12.2 Å². The van der Waals surface area contributed by atoms with Crippen molar-refractivity contribution < 1.29 is 18.3 Å². The Kier molecular flexibility index (Phi) is 3.08. The van der Waals surface area contributed by atoms with Crippen molar-refractivity contribution in [2.24, 2.45) is 0 Å². The second-order valence-corrected chi connectivity index (χ2v) is 2.43. The molecular weight excluding hydrogens is 181 g/mol. The molecule has 4 heteroatoms. The molecule has 0 unspecified atom stereocenters. The first-order chi connectivity index (χ1) is 6.15. The Hall–Kier alpha value is -1.29. The van der Waals surface area contributed by atoms with Gasteiger partial charge in [-0.25, -0.2) is 4.39 Å². The predicted octanol–water partition coefficient (Wildman–Crippen LogP) is 2.71. The summed E-state index contributed by atoms with van der Waals surface area (Å²) in [6.45, 7) is -0.191. The van der Waals surface area contributed by atoms with E-state index in [2.05, 4.69) is 0 Å². The molecule has 0 atom stereocenters. The molecule has 0 aliphatic rings. The van der Waals surface area contributed by atoms with Crippen molar-refractivity contribution in [1.82, 2.24) is 0 Å². The lowest BCUT2D eigenvalue weighted by molar-refractivity contribution is 0.282. The molecule has 0 amide bonds. The van der Waals surface area contributed by atoms with Gasteiger partial charge in [0, 0.05) is 5.56 Å². The molecule has 0 aliphatic heterocycles. The number of hydrogen-bond acceptors (Lipinski definition) is 1. The smallest absolute Gasteiger partial charge is 0.306 e. The van der Waals surface area contributed by atoms with Crippen LogP contribution in [0.1, 0.15) is 11.1 Å². The van der Waals surface area contributed by atoms with Gasteiger partial charge < -0.3 is 5.11 Å². The number of hydrogen-bond donors (Lipinski definition) is 1. The van der Waals surface area contributed by atoms with Crippen LogP contribution in [0.3, 0.4) is 0 Å². The molecule has 1 aromatic rings. The summed E-state index contributed by atoms with van der Waals surface area (Å²) in [6, 6.07) is 5.16. The van der Waals surface area contributed by atoms with Crippen LogP contribution in [-0.2, 0) is 6.61 Å². The van der Waals surface area contributed by atoms with Crippen molar-refractivity contribution in [3.8, 4) is 0 Å². The number of benzene rings is 1. The highest BCUT2D eigenvalue weighted by Crippen LogP contribution is 2.22. The fourth-order valence-electron chi connectivity index (χ4n) is 0.866. The van der Waals surface area contributed by atoms with Gasteiger partial charge in [0.05, 0.1) is 6.61 Å². The third-order valence-electron chi connectivity index (χ3n) is 1.56. The van der Waals surface area contributed by atoms with Crippen LogP contribution in [0.5, 0.6) is 0 Å². The molecular formula is C9H7F3O. The number of aliphatic hydroxyl groups is 1. The van der Waals surface area contributed by atoms with Gasteiger partial charge in [-0.2, -0.15) is 8.78 Å². The van der Waals surface area contributed by atoms with E-state index in [1.807, 2.05) is 0 Å². The van der Waals surface area contributed by atoms with Crippen LogP contribution in [0.2, 0.25) is 0 Å². The van der Waals surface area contributed by atoms with Crippen molar-refractivity contribution in [2.45, 2.75) is 6.61 Å². The zero-order valence-electron chi connectivity index (χ0n) is 6.60. The Balaban J connectivity index is 2.99. The van der Waals surface area contributed by atoms with Crippen LogP contribution in [0.25, 0.3) is 5.83 Å². The van der Waals surface area contributed by atoms with E-state index in [9.17, 15) is 13.2 Å². The molecule has 0 fully saturated rings. The van der Waals surface area contributed by atoms with Gasteiger partial charge in [0.15, 0.2) is 5.83 Å². The first kappa shape index (κ1) is 9.80. The maximum Gasteiger partial charge on any atom is 0.306 e. The van der Waals surface area contributed by atoms with Gasteiger partial charge in [0.1, 0.15) is 0 Å². The quantitative estimate of drug-likeness (QED) is 0.756. The second-order valence-electron chi connectivity index (χ2n) is 2.43. The minimum Gasteiger partial charge on any atom is -0.392 e. The Labute approximate surface area is 73.1 Å². The Morgan fingerprint density at radius 2 is 1.62 bits per heavy atom.